The zero-order valence-electron chi connectivity index (χ0n) is 19.7. The van der Waals surface area contributed by atoms with Gasteiger partial charge in [0.2, 0.25) is 5.91 Å². The summed E-state index contributed by atoms with van der Waals surface area (Å²) < 4.78 is 5.83. The molecule has 1 amide bonds. The van der Waals surface area contributed by atoms with Crippen molar-refractivity contribution in [1.29, 1.82) is 0 Å². The molecule has 0 aliphatic rings. The van der Waals surface area contributed by atoms with E-state index in [0.29, 0.717) is 13.0 Å². The van der Waals surface area contributed by atoms with Gasteiger partial charge < -0.3 is 4.74 Å². The van der Waals surface area contributed by atoms with Gasteiger partial charge in [0, 0.05) is 6.42 Å². The summed E-state index contributed by atoms with van der Waals surface area (Å²) in [5.74, 6) is 0.763. The summed E-state index contributed by atoms with van der Waals surface area (Å²) in [4.78, 5) is 12.0. The minimum absolute atomic E-state index is 0.0198. The highest BCUT2D eigenvalue weighted by molar-refractivity contribution is 5.82. The van der Waals surface area contributed by atoms with Gasteiger partial charge >= 0.3 is 0 Å². The molecular weight excluding hydrogens is 396 g/mol. The van der Waals surface area contributed by atoms with Gasteiger partial charge in [0.15, 0.2) is 0 Å². The third-order valence-corrected chi connectivity index (χ3v) is 5.52. The van der Waals surface area contributed by atoms with E-state index in [4.69, 9.17) is 4.74 Å². The maximum Gasteiger partial charge on any atom is 0.240 e. The van der Waals surface area contributed by atoms with Gasteiger partial charge in [0.1, 0.15) is 12.4 Å². The summed E-state index contributed by atoms with van der Waals surface area (Å²) in [6, 6.07) is 17.8. The van der Waals surface area contributed by atoms with Crippen molar-refractivity contribution < 1.29 is 9.53 Å². The van der Waals surface area contributed by atoms with Crippen LogP contribution in [0, 0.1) is 0 Å². The molecule has 2 aromatic rings. The van der Waals surface area contributed by atoms with Crippen LogP contribution in [0.5, 0.6) is 5.75 Å². The molecule has 2 rings (SSSR count). The van der Waals surface area contributed by atoms with Crippen molar-refractivity contribution in [3.8, 4) is 5.75 Å². The van der Waals surface area contributed by atoms with Gasteiger partial charge in [-0.2, -0.15) is 5.10 Å². The van der Waals surface area contributed by atoms with Crippen LogP contribution in [-0.4, -0.2) is 12.1 Å². The molecule has 0 atom stereocenters. The molecule has 0 fully saturated rings. The van der Waals surface area contributed by atoms with Gasteiger partial charge in [-0.3, -0.25) is 4.79 Å². The average molecular weight is 437 g/mol. The van der Waals surface area contributed by atoms with Crippen LogP contribution in [0.4, 0.5) is 0 Å². The van der Waals surface area contributed by atoms with E-state index in [1.807, 2.05) is 54.6 Å². The van der Waals surface area contributed by atoms with Crippen LogP contribution in [0.1, 0.15) is 95.1 Å². The SMILES string of the molecule is CCCCCCCCCCCCCC(=O)N/N=C/c1cccc(OCc2ccccc2)c1. The van der Waals surface area contributed by atoms with Crippen LogP contribution in [0.15, 0.2) is 59.7 Å². The molecule has 0 aliphatic heterocycles. The Kier molecular flexibility index (Phi) is 13.6. The summed E-state index contributed by atoms with van der Waals surface area (Å²) >= 11 is 0. The molecule has 0 aliphatic carbocycles. The van der Waals surface area contributed by atoms with Crippen LogP contribution >= 0.6 is 0 Å². The van der Waals surface area contributed by atoms with Crippen LogP contribution in [0.25, 0.3) is 0 Å². The van der Waals surface area contributed by atoms with Crippen LogP contribution in [0.2, 0.25) is 0 Å². The number of hydrogen-bond acceptors (Lipinski definition) is 3. The lowest BCUT2D eigenvalue weighted by Gasteiger charge is -2.06. The van der Waals surface area contributed by atoms with Crippen molar-refractivity contribution in [3.05, 3.63) is 65.7 Å². The fraction of sp³-hybridized carbons (Fsp3) is 0.500. The van der Waals surface area contributed by atoms with Gasteiger partial charge in [-0.1, -0.05) is 114 Å². The maximum atomic E-state index is 12.0. The van der Waals surface area contributed by atoms with E-state index in [2.05, 4.69) is 17.5 Å². The number of nitrogens with one attached hydrogen (secondary N) is 1. The lowest BCUT2D eigenvalue weighted by atomic mass is 10.1. The standard InChI is InChI=1S/C28H40N2O2/c1-2-3-4-5-6-7-8-9-10-11-15-21-28(31)30-29-23-26-19-16-20-27(22-26)32-24-25-17-13-12-14-18-25/h12-14,16-20,22-23H,2-11,15,21,24H2,1H3,(H,30,31)/b29-23+. The summed E-state index contributed by atoms with van der Waals surface area (Å²) in [7, 11) is 0. The molecule has 1 N–H and O–H groups in total. The molecule has 32 heavy (non-hydrogen) atoms. The van der Waals surface area contributed by atoms with E-state index in [0.717, 1.165) is 29.7 Å². The van der Waals surface area contributed by atoms with E-state index in [9.17, 15) is 4.79 Å². The molecule has 0 unspecified atom stereocenters. The van der Waals surface area contributed by atoms with Gasteiger partial charge in [-0.25, -0.2) is 5.43 Å². The number of rotatable bonds is 17. The number of hydrazone groups is 1. The number of nitrogens with zero attached hydrogens (tertiary/aromatic N) is 1. The Morgan fingerprint density at radius 2 is 1.50 bits per heavy atom. The fourth-order valence-corrected chi connectivity index (χ4v) is 3.61. The Morgan fingerprint density at radius 1 is 0.844 bits per heavy atom. The zero-order chi connectivity index (χ0) is 22.7. The fourth-order valence-electron chi connectivity index (χ4n) is 3.61. The Morgan fingerprint density at radius 3 is 2.19 bits per heavy atom. The molecule has 0 bridgehead atoms. The molecule has 0 spiro atoms. The first kappa shape index (κ1) is 25.6. The summed E-state index contributed by atoms with van der Waals surface area (Å²) in [6.07, 6.45) is 16.3. The third-order valence-electron chi connectivity index (χ3n) is 5.52. The zero-order valence-corrected chi connectivity index (χ0v) is 19.7. The third kappa shape index (κ3) is 12.3. The summed E-state index contributed by atoms with van der Waals surface area (Å²) in [5, 5.41) is 4.09. The molecule has 4 nitrogen and oxygen atoms in total. The predicted molar refractivity (Wildman–Crippen MR) is 134 cm³/mol. The largest absolute Gasteiger partial charge is 0.489 e. The smallest absolute Gasteiger partial charge is 0.240 e. The van der Waals surface area contributed by atoms with Gasteiger partial charge in [-0.15, -0.1) is 0 Å². The van der Waals surface area contributed by atoms with Gasteiger partial charge in [-0.05, 0) is 29.7 Å². The van der Waals surface area contributed by atoms with Gasteiger partial charge in [0.05, 0.1) is 6.21 Å². The molecule has 0 saturated heterocycles. The Hall–Kier alpha value is -2.62. The number of hydrogen-bond donors (Lipinski definition) is 1. The lowest BCUT2D eigenvalue weighted by Crippen LogP contribution is -2.16. The minimum Gasteiger partial charge on any atom is -0.489 e. The van der Waals surface area contributed by atoms with Crippen LogP contribution < -0.4 is 10.2 Å². The molecule has 2 aromatic carbocycles. The van der Waals surface area contributed by atoms with E-state index >= 15 is 0 Å². The number of carbonyl (C=O) groups is 1. The number of amides is 1. The van der Waals surface area contributed by atoms with Gasteiger partial charge in [0.25, 0.3) is 0 Å². The minimum atomic E-state index is -0.0198. The number of unbranched alkanes of at least 4 members (excludes halogenated alkanes) is 10. The topological polar surface area (TPSA) is 50.7 Å². The predicted octanol–water partition coefficient (Wildman–Crippen LogP) is 7.42. The van der Waals surface area contributed by atoms with Crippen molar-refractivity contribution in [1.82, 2.24) is 5.43 Å². The number of benzene rings is 2. The van der Waals surface area contributed by atoms with E-state index in [1.54, 1.807) is 6.21 Å². The Labute approximate surface area is 194 Å². The molecule has 4 heteroatoms. The normalized spacial score (nSPS) is 11.0. The van der Waals surface area contributed by atoms with Crippen LogP contribution in [0.3, 0.4) is 0 Å². The molecule has 0 aromatic heterocycles. The first-order valence-corrected chi connectivity index (χ1v) is 12.4. The molecule has 0 radical (unpaired) electrons. The Bertz CT molecular complexity index is 774. The average Bonchev–Trinajstić information content (AvgIpc) is 2.82. The van der Waals surface area contributed by atoms with Crippen molar-refractivity contribution in [2.45, 2.75) is 90.6 Å². The molecule has 174 valence electrons. The van der Waals surface area contributed by atoms with E-state index < -0.39 is 0 Å². The van der Waals surface area contributed by atoms with Crippen molar-refractivity contribution >= 4 is 12.1 Å². The molecular formula is C28H40N2O2. The second-order valence-corrected chi connectivity index (χ2v) is 8.43. The number of carbonyl (C=O) groups excluding carboxylic acids is 1. The first-order valence-electron chi connectivity index (χ1n) is 12.4. The monoisotopic (exact) mass is 436 g/mol. The first-order chi connectivity index (χ1) is 15.8. The lowest BCUT2D eigenvalue weighted by molar-refractivity contribution is -0.121. The summed E-state index contributed by atoms with van der Waals surface area (Å²) in [5.41, 5.74) is 4.65. The molecule has 0 saturated carbocycles. The Balaban J connectivity index is 1.53. The second kappa shape index (κ2) is 17.0. The van der Waals surface area contributed by atoms with Crippen molar-refractivity contribution in [2.24, 2.45) is 5.10 Å². The van der Waals surface area contributed by atoms with Crippen LogP contribution in [-0.2, 0) is 11.4 Å². The highest BCUT2D eigenvalue weighted by Crippen LogP contribution is 2.14. The highest BCUT2D eigenvalue weighted by Gasteiger charge is 2.00. The highest BCUT2D eigenvalue weighted by atomic mass is 16.5. The summed E-state index contributed by atoms with van der Waals surface area (Å²) in [6.45, 7) is 2.78. The molecule has 0 heterocycles. The maximum absolute atomic E-state index is 12.0. The number of ether oxygens (including phenoxy) is 1. The quantitative estimate of drug-likeness (QED) is 0.159. The van der Waals surface area contributed by atoms with Crippen molar-refractivity contribution in [3.63, 3.8) is 0 Å². The second-order valence-electron chi connectivity index (χ2n) is 8.43. The van der Waals surface area contributed by atoms with E-state index in [1.165, 1.54) is 57.8 Å². The van der Waals surface area contributed by atoms with Crippen molar-refractivity contribution in [2.75, 3.05) is 0 Å². The van der Waals surface area contributed by atoms with E-state index in [-0.39, 0.29) is 5.91 Å².